The van der Waals surface area contributed by atoms with Crippen LogP contribution in [0.4, 0.5) is 0 Å². The predicted molar refractivity (Wildman–Crippen MR) is 94.4 cm³/mol. The van der Waals surface area contributed by atoms with Crippen molar-refractivity contribution in [3.05, 3.63) is 59.7 Å². The maximum absolute atomic E-state index is 12.0. The highest BCUT2D eigenvalue weighted by atomic mass is 16.6. The molecule has 0 aliphatic carbocycles. The Balaban J connectivity index is 1.99. The summed E-state index contributed by atoms with van der Waals surface area (Å²) in [7, 11) is 0. The maximum atomic E-state index is 12.0. The van der Waals surface area contributed by atoms with Gasteiger partial charge < -0.3 is 14.9 Å². The van der Waals surface area contributed by atoms with Crippen molar-refractivity contribution in [2.45, 2.75) is 38.9 Å². The zero-order valence-electron chi connectivity index (χ0n) is 14.1. The maximum Gasteiger partial charge on any atom is 0.340 e. The number of carboxylic acid groups (broad SMARTS) is 1. The van der Waals surface area contributed by atoms with Crippen LogP contribution in [0.15, 0.2) is 48.5 Å². The van der Waals surface area contributed by atoms with Gasteiger partial charge in [-0.1, -0.05) is 44.0 Å². The molecule has 0 aliphatic heterocycles. The average molecular weight is 342 g/mol. The van der Waals surface area contributed by atoms with Crippen molar-refractivity contribution in [2.24, 2.45) is 0 Å². The molecular weight excluding hydrogens is 320 g/mol. The molecule has 0 heterocycles. The summed E-state index contributed by atoms with van der Waals surface area (Å²) in [5, 5.41) is 18.6. The number of aliphatic hydroxyl groups excluding tert-OH is 1. The van der Waals surface area contributed by atoms with Gasteiger partial charge >= 0.3 is 11.9 Å². The molecule has 0 bridgehead atoms. The van der Waals surface area contributed by atoms with Crippen molar-refractivity contribution in [2.75, 3.05) is 0 Å². The van der Waals surface area contributed by atoms with Crippen LogP contribution in [-0.4, -0.2) is 28.4 Å². The lowest BCUT2D eigenvalue weighted by molar-refractivity contribution is -0.0693. The first-order valence-corrected chi connectivity index (χ1v) is 8.34. The first-order chi connectivity index (χ1) is 12.0. The molecule has 0 saturated heterocycles. The second-order valence-corrected chi connectivity index (χ2v) is 5.82. The third-order valence-corrected chi connectivity index (χ3v) is 3.88. The van der Waals surface area contributed by atoms with E-state index in [4.69, 9.17) is 9.84 Å². The molecule has 0 aromatic heterocycles. The third kappa shape index (κ3) is 5.43. The second-order valence-electron chi connectivity index (χ2n) is 5.82. The highest BCUT2D eigenvalue weighted by Gasteiger charge is 2.13. The molecule has 132 valence electrons. The van der Waals surface area contributed by atoms with Crippen LogP contribution in [0.3, 0.4) is 0 Å². The van der Waals surface area contributed by atoms with E-state index in [1.54, 1.807) is 36.4 Å². The molecule has 0 spiro atoms. The number of carboxylic acids is 1. The standard InChI is InChI=1S/C20H22O5/c1-2-3-4-5-18(21)25-20(24)17-12-8-15(9-13-17)14-6-10-16(11-7-14)19(22)23/h6-13,18,21H,2-5H2,1H3,(H,22,23). The van der Waals surface area contributed by atoms with Crippen molar-refractivity contribution in [3.63, 3.8) is 0 Å². The van der Waals surface area contributed by atoms with E-state index in [9.17, 15) is 14.7 Å². The number of ether oxygens (including phenoxy) is 1. The summed E-state index contributed by atoms with van der Waals surface area (Å²) in [5.41, 5.74) is 2.29. The molecule has 5 heteroatoms. The minimum absolute atomic E-state index is 0.223. The van der Waals surface area contributed by atoms with Crippen molar-refractivity contribution in [1.29, 1.82) is 0 Å². The van der Waals surface area contributed by atoms with Gasteiger partial charge in [0.2, 0.25) is 6.29 Å². The number of benzene rings is 2. The summed E-state index contributed by atoms with van der Waals surface area (Å²) in [6, 6.07) is 13.3. The van der Waals surface area contributed by atoms with Gasteiger partial charge in [-0.3, -0.25) is 0 Å². The molecule has 5 nitrogen and oxygen atoms in total. The van der Waals surface area contributed by atoms with E-state index in [0.29, 0.717) is 12.0 Å². The molecule has 2 aromatic rings. The lowest BCUT2D eigenvalue weighted by Gasteiger charge is -2.12. The van der Waals surface area contributed by atoms with Gasteiger partial charge in [0.15, 0.2) is 0 Å². The van der Waals surface area contributed by atoms with E-state index in [2.05, 4.69) is 6.92 Å². The molecule has 2 N–H and O–H groups in total. The van der Waals surface area contributed by atoms with Gasteiger partial charge in [0.05, 0.1) is 11.1 Å². The van der Waals surface area contributed by atoms with Gasteiger partial charge in [0.1, 0.15) is 0 Å². The van der Waals surface area contributed by atoms with Gasteiger partial charge in [-0.2, -0.15) is 0 Å². The number of rotatable bonds is 8. The molecule has 0 radical (unpaired) electrons. The smallest absolute Gasteiger partial charge is 0.340 e. The van der Waals surface area contributed by atoms with Crippen LogP contribution in [-0.2, 0) is 4.74 Å². The Bertz CT molecular complexity index is 704. The Morgan fingerprint density at radius 3 is 1.92 bits per heavy atom. The summed E-state index contributed by atoms with van der Waals surface area (Å²) in [6.45, 7) is 2.06. The van der Waals surface area contributed by atoms with E-state index in [0.717, 1.165) is 30.4 Å². The van der Waals surface area contributed by atoms with Crippen LogP contribution >= 0.6 is 0 Å². The summed E-state index contributed by atoms with van der Waals surface area (Å²) in [4.78, 5) is 22.9. The molecule has 0 aliphatic rings. The Hall–Kier alpha value is -2.66. The molecule has 1 atom stereocenters. The minimum Gasteiger partial charge on any atom is -0.478 e. The van der Waals surface area contributed by atoms with Crippen LogP contribution in [0.25, 0.3) is 11.1 Å². The van der Waals surface area contributed by atoms with E-state index in [1.165, 1.54) is 12.1 Å². The summed E-state index contributed by atoms with van der Waals surface area (Å²) in [6.07, 6.45) is 2.20. The Kier molecular flexibility index (Phi) is 6.71. The Labute approximate surface area is 146 Å². The molecule has 1 unspecified atom stereocenters. The quantitative estimate of drug-likeness (QED) is 0.428. The topological polar surface area (TPSA) is 83.8 Å². The summed E-state index contributed by atoms with van der Waals surface area (Å²) < 4.78 is 5.02. The Morgan fingerprint density at radius 2 is 1.44 bits per heavy atom. The van der Waals surface area contributed by atoms with E-state index in [-0.39, 0.29) is 5.56 Å². The van der Waals surface area contributed by atoms with E-state index in [1.807, 2.05) is 0 Å². The van der Waals surface area contributed by atoms with Crippen molar-refractivity contribution in [1.82, 2.24) is 0 Å². The monoisotopic (exact) mass is 342 g/mol. The molecule has 0 amide bonds. The number of aliphatic hydroxyl groups is 1. The van der Waals surface area contributed by atoms with Crippen LogP contribution in [0.5, 0.6) is 0 Å². The highest BCUT2D eigenvalue weighted by molar-refractivity contribution is 5.90. The molecule has 0 saturated carbocycles. The second kappa shape index (κ2) is 8.99. The number of carbonyl (C=O) groups excluding carboxylic acids is 1. The normalized spacial score (nSPS) is 11.8. The number of hydrogen-bond acceptors (Lipinski definition) is 4. The average Bonchev–Trinajstić information content (AvgIpc) is 2.62. The zero-order valence-corrected chi connectivity index (χ0v) is 14.1. The highest BCUT2D eigenvalue weighted by Crippen LogP contribution is 2.21. The zero-order chi connectivity index (χ0) is 18.2. The molecule has 2 rings (SSSR count). The van der Waals surface area contributed by atoms with E-state index < -0.39 is 18.2 Å². The van der Waals surface area contributed by atoms with Crippen molar-refractivity contribution < 1.29 is 24.5 Å². The fourth-order valence-electron chi connectivity index (χ4n) is 2.42. The van der Waals surface area contributed by atoms with Crippen LogP contribution < -0.4 is 0 Å². The first kappa shape index (κ1) is 18.7. The van der Waals surface area contributed by atoms with Gasteiger partial charge in [-0.25, -0.2) is 9.59 Å². The molecular formula is C20H22O5. The van der Waals surface area contributed by atoms with Crippen molar-refractivity contribution in [3.8, 4) is 11.1 Å². The molecule has 25 heavy (non-hydrogen) atoms. The number of carbonyl (C=O) groups is 2. The lowest BCUT2D eigenvalue weighted by Crippen LogP contribution is -2.17. The minimum atomic E-state index is -1.08. The van der Waals surface area contributed by atoms with Crippen molar-refractivity contribution >= 4 is 11.9 Å². The first-order valence-electron chi connectivity index (χ1n) is 8.34. The number of esters is 1. The SMILES string of the molecule is CCCCCC(O)OC(=O)c1ccc(-c2ccc(C(=O)O)cc2)cc1. The number of aromatic carboxylic acids is 1. The summed E-state index contributed by atoms with van der Waals surface area (Å²) in [5.74, 6) is -1.53. The third-order valence-electron chi connectivity index (χ3n) is 3.88. The fraction of sp³-hybridized carbons (Fsp3) is 0.300. The van der Waals surface area contributed by atoms with Gasteiger partial charge in [-0.15, -0.1) is 0 Å². The summed E-state index contributed by atoms with van der Waals surface area (Å²) >= 11 is 0. The predicted octanol–water partition coefficient (Wildman–Crippen LogP) is 4.11. The van der Waals surface area contributed by atoms with Crippen LogP contribution in [0, 0.1) is 0 Å². The molecule has 0 fully saturated rings. The van der Waals surface area contributed by atoms with Crippen LogP contribution in [0.2, 0.25) is 0 Å². The fourth-order valence-corrected chi connectivity index (χ4v) is 2.42. The number of hydrogen-bond donors (Lipinski definition) is 2. The molecule has 2 aromatic carbocycles. The largest absolute Gasteiger partial charge is 0.478 e. The van der Waals surface area contributed by atoms with E-state index >= 15 is 0 Å². The van der Waals surface area contributed by atoms with Gasteiger partial charge in [0.25, 0.3) is 0 Å². The van der Waals surface area contributed by atoms with Gasteiger partial charge in [0, 0.05) is 6.42 Å². The number of unbranched alkanes of at least 4 members (excludes halogenated alkanes) is 2. The van der Waals surface area contributed by atoms with Crippen LogP contribution in [0.1, 0.15) is 53.3 Å². The Morgan fingerprint density at radius 1 is 0.920 bits per heavy atom. The van der Waals surface area contributed by atoms with Gasteiger partial charge in [-0.05, 0) is 41.8 Å². The lowest BCUT2D eigenvalue weighted by atomic mass is 10.0.